The maximum absolute atomic E-state index is 12.9. The minimum atomic E-state index is -2.44. The van der Waals surface area contributed by atoms with Crippen LogP contribution < -0.4 is 4.74 Å². The van der Waals surface area contributed by atoms with Gasteiger partial charge in [-0.15, -0.1) is 11.1 Å². The Kier molecular flexibility index (Phi) is 18.7. The summed E-state index contributed by atoms with van der Waals surface area (Å²) in [6.45, 7) is 26.4. The summed E-state index contributed by atoms with van der Waals surface area (Å²) in [7, 11) is -0.240. The average molecular weight is 962 g/mol. The zero-order valence-corrected chi connectivity index (χ0v) is 45.2. The van der Waals surface area contributed by atoms with Crippen molar-refractivity contribution in [2.24, 2.45) is 0 Å². The van der Waals surface area contributed by atoms with E-state index in [1.807, 2.05) is 60.7 Å². The first-order valence-corrected chi connectivity index (χ1v) is 28.2. The maximum atomic E-state index is 12.9. The molecule has 0 amide bonds. The molecule has 69 heavy (non-hydrogen) atoms. The van der Waals surface area contributed by atoms with Crippen molar-refractivity contribution >= 4 is 21.8 Å². The highest BCUT2D eigenvalue weighted by Gasteiger charge is 2.44. The third-order valence-electron chi connectivity index (χ3n) is 13.9. The van der Waals surface area contributed by atoms with Crippen LogP contribution in [0.25, 0.3) is 0 Å². The van der Waals surface area contributed by atoms with Crippen LogP contribution in [0.3, 0.4) is 0 Å². The third-order valence-corrected chi connectivity index (χ3v) is 26.5. The van der Waals surface area contributed by atoms with Crippen molar-refractivity contribution in [3.63, 3.8) is 0 Å². The Bertz CT molecular complexity index is 2650. The first-order valence-electron chi connectivity index (χ1n) is 23.7. The number of hydrogen-bond acceptors (Lipinski definition) is 7. The Balaban J connectivity index is 2.16. The molecule has 0 aromatic heterocycles. The number of aliphatic hydroxyl groups is 2. The van der Waals surface area contributed by atoms with Gasteiger partial charge in [-0.05, 0) is 93.0 Å². The molecule has 0 aliphatic carbocycles. The Hall–Kier alpha value is -5.85. The molecule has 0 bridgehead atoms. The number of hydrogen-bond donors (Lipinski definition) is 2. The zero-order chi connectivity index (χ0) is 51.4. The SMILES string of the molecule is COc1ccc(C(O)(C#CC(C#CC(C#CC(O)(C#C[Si](C(C)C)(C(C)C)C(C)C)c2ccc([N+](=O)[O-])cc2)(OC)c2ccccc2)(OC)c2ccccc2)C#C[Si](C(C)C)(C(C)C)C(C)C)cc1. The lowest BCUT2D eigenvalue weighted by Crippen LogP contribution is -2.44. The lowest BCUT2D eigenvalue weighted by Gasteiger charge is -2.38. The standard InChI is InChI=1S/C59H71NO7Si2/c1-44(2)68(45(3)4,46(5)6)42-40-56(61,50-26-30-54(31-27-50)60(63)64)34-36-58(66-14,52-22-18-16-19-23-52)38-39-59(67-15,53-24-20-17-21-25-53)37-35-57(62,51-28-32-55(65-13)33-29-51)41-43-69(47(7)8,48(9)10)49(11)12/h16-33,44-49,61-62H,1-15H3. The van der Waals surface area contributed by atoms with Gasteiger partial charge in [0.05, 0.1) is 12.0 Å². The number of rotatable bonds is 14. The van der Waals surface area contributed by atoms with Crippen LogP contribution in [-0.2, 0) is 31.9 Å². The molecule has 0 aliphatic heterocycles. The molecular weight excluding hydrogens is 891 g/mol. The third kappa shape index (κ3) is 12.0. The molecule has 0 heterocycles. The minimum absolute atomic E-state index is 0.136. The molecule has 0 saturated heterocycles. The minimum Gasteiger partial charge on any atom is -0.497 e. The van der Waals surface area contributed by atoms with Crippen LogP contribution in [-0.4, -0.2) is 52.6 Å². The van der Waals surface area contributed by atoms with Crippen LogP contribution in [0.1, 0.15) is 105 Å². The molecule has 0 aliphatic rings. The predicted molar refractivity (Wildman–Crippen MR) is 285 cm³/mol. The molecule has 4 unspecified atom stereocenters. The van der Waals surface area contributed by atoms with E-state index in [1.165, 1.54) is 38.5 Å². The number of ether oxygens (including phenoxy) is 3. The zero-order valence-electron chi connectivity index (χ0n) is 43.2. The van der Waals surface area contributed by atoms with Crippen molar-refractivity contribution in [1.29, 1.82) is 0 Å². The van der Waals surface area contributed by atoms with Crippen LogP contribution in [0.4, 0.5) is 5.69 Å². The van der Waals surface area contributed by atoms with Gasteiger partial charge in [-0.2, -0.15) is 0 Å². The number of benzene rings is 4. The van der Waals surface area contributed by atoms with Crippen molar-refractivity contribution in [3.8, 4) is 64.2 Å². The topological polar surface area (TPSA) is 111 Å². The summed E-state index contributed by atoms with van der Waals surface area (Å²) in [4.78, 5) is 11.2. The smallest absolute Gasteiger partial charge is 0.269 e. The van der Waals surface area contributed by atoms with E-state index < -0.39 is 43.5 Å². The molecule has 4 aromatic rings. The highest BCUT2D eigenvalue weighted by molar-refractivity contribution is 6.91. The summed E-state index contributed by atoms with van der Waals surface area (Å²) >= 11 is 0. The van der Waals surface area contributed by atoms with Gasteiger partial charge in [0.1, 0.15) is 21.9 Å². The first kappa shape index (κ1) is 55.7. The normalized spacial score (nSPS) is 15.1. The number of nitro benzene ring substituents is 1. The molecule has 4 atom stereocenters. The van der Waals surface area contributed by atoms with E-state index in [-0.39, 0.29) is 27.9 Å². The Morgan fingerprint density at radius 2 is 0.754 bits per heavy atom. The van der Waals surface area contributed by atoms with Crippen molar-refractivity contribution in [3.05, 3.63) is 142 Å². The van der Waals surface area contributed by atoms with Crippen molar-refractivity contribution in [2.45, 2.75) is 139 Å². The molecule has 8 nitrogen and oxygen atoms in total. The fourth-order valence-corrected chi connectivity index (χ4v) is 20.5. The monoisotopic (exact) mass is 961 g/mol. The molecule has 0 saturated carbocycles. The van der Waals surface area contributed by atoms with Gasteiger partial charge in [-0.3, -0.25) is 10.1 Å². The van der Waals surface area contributed by atoms with E-state index in [1.54, 1.807) is 31.4 Å². The molecule has 0 radical (unpaired) electrons. The van der Waals surface area contributed by atoms with E-state index in [4.69, 9.17) is 14.2 Å². The highest BCUT2D eigenvalue weighted by atomic mass is 28.3. The Morgan fingerprint density at radius 3 is 1.03 bits per heavy atom. The van der Waals surface area contributed by atoms with Gasteiger partial charge < -0.3 is 24.4 Å². The van der Waals surface area contributed by atoms with Gasteiger partial charge in [-0.25, -0.2) is 0 Å². The number of non-ortho nitro benzene ring substituents is 1. The van der Waals surface area contributed by atoms with Gasteiger partial charge in [0.25, 0.3) is 5.69 Å². The average Bonchev–Trinajstić information content (AvgIpc) is 3.33. The van der Waals surface area contributed by atoms with Crippen LogP contribution in [0.2, 0.25) is 33.2 Å². The summed E-state index contributed by atoms with van der Waals surface area (Å²) in [5.41, 5.74) is 3.12. The first-order chi connectivity index (χ1) is 32.5. The number of methoxy groups -OCH3 is 3. The Morgan fingerprint density at radius 1 is 0.449 bits per heavy atom. The molecule has 362 valence electrons. The molecule has 4 rings (SSSR count). The molecule has 2 N–H and O–H groups in total. The second kappa shape index (κ2) is 23.2. The molecular formula is C59H71NO7Si2. The van der Waals surface area contributed by atoms with Gasteiger partial charge in [0.2, 0.25) is 22.4 Å². The van der Waals surface area contributed by atoms with Gasteiger partial charge in [0.15, 0.2) is 0 Å². The van der Waals surface area contributed by atoms with E-state index in [0.717, 1.165) is 0 Å². The van der Waals surface area contributed by atoms with Crippen LogP contribution in [0.15, 0.2) is 109 Å². The Labute approximate surface area is 415 Å². The fourth-order valence-electron chi connectivity index (χ4n) is 9.94. The maximum Gasteiger partial charge on any atom is 0.269 e. The summed E-state index contributed by atoms with van der Waals surface area (Å²) < 4.78 is 18.2. The molecule has 4 aromatic carbocycles. The van der Waals surface area contributed by atoms with Gasteiger partial charge >= 0.3 is 0 Å². The summed E-state index contributed by atoms with van der Waals surface area (Å²) in [5, 5.41) is 37.4. The van der Waals surface area contributed by atoms with Gasteiger partial charge in [0, 0.05) is 48.6 Å². The van der Waals surface area contributed by atoms with E-state index in [0.29, 0.717) is 39.1 Å². The van der Waals surface area contributed by atoms with Crippen LogP contribution in [0.5, 0.6) is 5.75 Å². The quantitative estimate of drug-likeness (QED) is 0.0560. The largest absolute Gasteiger partial charge is 0.497 e. The van der Waals surface area contributed by atoms with E-state index in [2.05, 4.69) is 142 Å². The van der Waals surface area contributed by atoms with Crippen molar-refractivity contribution < 1.29 is 29.3 Å². The second-order valence-corrected chi connectivity index (χ2v) is 30.7. The lowest BCUT2D eigenvalue weighted by molar-refractivity contribution is -0.384. The number of nitrogens with zero attached hydrogens (tertiary/aromatic N) is 1. The summed E-state index contributed by atoms with van der Waals surface area (Å²) in [6, 6.07) is 31.2. The molecule has 0 spiro atoms. The summed E-state index contributed by atoms with van der Waals surface area (Å²) in [5.74, 6) is 26.6. The molecule has 10 heteroatoms. The van der Waals surface area contributed by atoms with Crippen molar-refractivity contribution in [2.75, 3.05) is 21.3 Å². The van der Waals surface area contributed by atoms with Crippen molar-refractivity contribution in [1.82, 2.24) is 0 Å². The van der Waals surface area contributed by atoms with Gasteiger partial charge in [-0.1, -0.05) is 168 Å². The summed E-state index contributed by atoms with van der Waals surface area (Å²) in [6.07, 6.45) is 0. The highest BCUT2D eigenvalue weighted by Crippen LogP contribution is 2.43. The number of nitro groups is 1. The lowest BCUT2D eigenvalue weighted by atomic mass is 9.87. The molecule has 0 fully saturated rings. The second-order valence-electron chi connectivity index (χ2n) is 19.5. The predicted octanol–water partition coefficient (Wildman–Crippen LogP) is 12.2. The van der Waals surface area contributed by atoms with Crippen LogP contribution in [0, 0.1) is 68.6 Å². The fraction of sp³-hybridized carbons (Fsp3) is 0.424. The van der Waals surface area contributed by atoms with E-state index >= 15 is 0 Å². The van der Waals surface area contributed by atoms with E-state index in [9.17, 15) is 20.3 Å². The van der Waals surface area contributed by atoms with Crippen LogP contribution >= 0.6 is 0 Å².